The molecule has 0 spiro atoms. The molecule has 5 rings (SSSR count). The second kappa shape index (κ2) is 7.14. The SMILES string of the molecule is COc1ccc(NC(=O)COC(=O)C23C[C@@H]4C[C@@H](CC(Cl)(C4)C2)C3)cc1OC. The molecular formula is C21H26ClNO5. The number of halogens is 1. The molecule has 4 bridgehead atoms. The van der Waals surface area contributed by atoms with Crippen molar-refractivity contribution >= 4 is 29.2 Å². The summed E-state index contributed by atoms with van der Waals surface area (Å²) in [6, 6.07) is 5.07. The predicted octanol–water partition coefficient (Wildman–Crippen LogP) is 3.76. The van der Waals surface area contributed by atoms with Gasteiger partial charge in [-0.25, -0.2) is 0 Å². The van der Waals surface area contributed by atoms with Gasteiger partial charge in [0.1, 0.15) is 0 Å². The van der Waals surface area contributed by atoms with Crippen LogP contribution in [0.5, 0.6) is 11.5 Å². The zero-order chi connectivity index (χ0) is 19.9. The first-order valence-corrected chi connectivity index (χ1v) is 10.1. The van der Waals surface area contributed by atoms with E-state index in [1.807, 2.05) is 0 Å². The Labute approximate surface area is 169 Å². The van der Waals surface area contributed by atoms with Gasteiger partial charge in [-0.1, -0.05) is 0 Å². The van der Waals surface area contributed by atoms with Crippen molar-refractivity contribution in [2.24, 2.45) is 17.3 Å². The average Bonchev–Trinajstić information content (AvgIpc) is 2.64. The fourth-order valence-corrected chi connectivity index (χ4v) is 6.48. The lowest BCUT2D eigenvalue weighted by atomic mass is 9.49. The zero-order valence-corrected chi connectivity index (χ0v) is 17.0. The van der Waals surface area contributed by atoms with E-state index in [0.717, 1.165) is 25.7 Å². The Hall–Kier alpha value is -1.95. The largest absolute Gasteiger partial charge is 0.493 e. The van der Waals surface area contributed by atoms with Gasteiger partial charge in [-0.15, -0.1) is 11.6 Å². The average molecular weight is 408 g/mol. The molecule has 1 N–H and O–H groups in total. The summed E-state index contributed by atoms with van der Waals surface area (Å²) in [5.41, 5.74) is 0.0448. The molecule has 4 fully saturated rings. The van der Waals surface area contributed by atoms with Gasteiger partial charge >= 0.3 is 5.97 Å². The molecule has 152 valence electrons. The first-order chi connectivity index (χ1) is 13.3. The van der Waals surface area contributed by atoms with Crippen molar-refractivity contribution in [3.8, 4) is 11.5 Å². The van der Waals surface area contributed by atoms with Crippen LogP contribution in [0.3, 0.4) is 0 Å². The van der Waals surface area contributed by atoms with Crippen LogP contribution in [0.1, 0.15) is 38.5 Å². The maximum Gasteiger partial charge on any atom is 0.312 e. The minimum absolute atomic E-state index is 0.259. The highest BCUT2D eigenvalue weighted by atomic mass is 35.5. The van der Waals surface area contributed by atoms with Crippen molar-refractivity contribution in [3.05, 3.63) is 18.2 Å². The second-order valence-electron chi connectivity index (χ2n) is 8.59. The van der Waals surface area contributed by atoms with Crippen molar-refractivity contribution < 1.29 is 23.8 Å². The van der Waals surface area contributed by atoms with E-state index in [4.69, 9.17) is 25.8 Å². The van der Waals surface area contributed by atoms with Crippen molar-refractivity contribution in [1.82, 2.24) is 0 Å². The number of esters is 1. The number of hydrogen-bond acceptors (Lipinski definition) is 5. The lowest BCUT2D eigenvalue weighted by Crippen LogP contribution is -2.56. The van der Waals surface area contributed by atoms with E-state index in [1.165, 1.54) is 13.5 Å². The van der Waals surface area contributed by atoms with Crippen LogP contribution in [0, 0.1) is 17.3 Å². The van der Waals surface area contributed by atoms with Crippen LogP contribution in [0.4, 0.5) is 5.69 Å². The number of nitrogens with one attached hydrogen (secondary N) is 1. The number of alkyl halides is 1. The summed E-state index contributed by atoms with van der Waals surface area (Å²) in [5.74, 6) is 1.45. The Balaban J connectivity index is 1.36. The smallest absolute Gasteiger partial charge is 0.312 e. The van der Waals surface area contributed by atoms with Crippen LogP contribution in [0.15, 0.2) is 18.2 Å². The predicted molar refractivity (Wildman–Crippen MR) is 105 cm³/mol. The zero-order valence-electron chi connectivity index (χ0n) is 16.3. The molecule has 0 aliphatic heterocycles. The monoisotopic (exact) mass is 407 g/mol. The van der Waals surface area contributed by atoms with Crippen molar-refractivity contribution in [3.63, 3.8) is 0 Å². The molecule has 0 aromatic heterocycles. The summed E-state index contributed by atoms with van der Waals surface area (Å²) in [6.07, 6.45) is 5.52. The molecule has 7 heteroatoms. The van der Waals surface area contributed by atoms with Crippen LogP contribution >= 0.6 is 11.6 Å². The molecule has 1 amide bonds. The fraction of sp³-hybridized carbons (Fsp3) is 0.619. The number of carbonyl (C=O) groups excluding carboxylic acids is 2. The third-order valence-electron chi connectivity index (χ3n) is 6.42. The lowest BCUT2D eigenvalue weighted by molar-refractivity contribution is -0.171. The Morgan fingerprint density at radius 1 is 1.11 bits per heavy atom. The summed E-state index contributed by atoms with van der Waals surface area (Å²) in [5, 5.41) is 2.73. The van der Waals surface area contributed by atoms with Gasteiger partial charge in [0.15, 0.2) is 18.1 Å². The quantitative estimate of drug-likeness (QED) is 0.574. The van der Waals surface area contributed by atoms with Crippen LogP contribution in [-0.2, 0) is 14.3 Å². The van der Waals surface area contributed by atoms with E-state index in [9.17, 15) is 9.59 Å². The van der Waals surface area contributed by atoms with Gasteiger partial charge in [-0.2, -0.15) is 0 Å². The van der Waals surface area contributed by atoms with Gasteiger partial charge < -0.3 is 19.5 Å². The first kappa shape index (κ1) is 19.4. The maximum absolute atomic E-state index is 12.9. The van der Waals surface area contributed by atoms with Crippen molar-refractivity contribution in [1.29, 1.82) is 0 Å². The molecule has 4 aliphatic rings. The van der Waals surface area contributed by atoms with E-state index >= 15 is 0 Å². The van der Waals surface area contributed by atoms with Crippen LogP contribution in [0.25, 0.3) is 0 Å². The topological polar surface area (TPSA) is 73.9 Å². The van der Waals surface area contributed by atoms with Gasteiger partial charge in [0.2, 0.25) is 0 Å². The third kappa shape index (κ3) is 3.54. The standard InChI is InChI=1S/C21H26ClNO5/c1-26-16-4-3-15(6-17(16)27-2)23-18(24)11-28-19(25)20-7-13-5-14(8-20)10-21(22,9-13)12-20/h3-4,6,13-14H,5,7-12H2,1-2H3,(H,23,24)/t13-,14+,20?,21?. The van der Waals surface area contributed by atoms with Crippen LogP contribution in [0.2, 0.25) is 0 Å². The summed E-state index contributed by atoms with van der Waals surface area (Å²) >= 11 is 6.78. The minimum Gasteiger partial charge on any atom is -0.493 e. The Morgan fingerprint density at radius 2 is 1.79 bits per heavy atom. The number of benzene rings is 1. The normalized spacial score (nSPS) is 32.7. The van der Waals surface area contributed by atoms with Crippen LogP contribution < -0.4 is 14.8 Å². The fourth-order valence-electron chi connectivity index (χ4n) is 5.78. The number of hydrogen-bond donors (Lipinski definition) is 1. The van der Waals surface area contributed by atoms with Gasteiger partial charge in [0, 0.05) is 16.6 Å². The molecule has 4 saturated carbocycles. The van der Waals surface area contributed by atoms with E-state index in [2.05, 4.69) is 5.32 Å². The molecule has 4 atom stereocenters. The Morgan fingerprint density at radius 3 is 2.39 bits per heavy atom. The Kier molecular flexibility index (Phi) is 4.94. The first-order valence-electron chi connectivity index (χ1n) is 9.73. The van der Waals surface area contributed by atoms with E-state index in [0.29, 0.717) is 35.4 Å². The van der Waals surface area contributed by atoms with Crippen LogP contribution in [-0.4, -0.2) is 37.6 Å². The highest BCUT2D eigenvalue weighted by molar-refractivity contribution is 6.24. The third-order valence-corrected chi connectivity index (χ3v) is 6.87. The summed E-state index contributed by atoms with van der Waals surface area (Å²) in [6.45, 7) is -0.306. The highest BCUT2D eigenvalue weighted by Gasteiger charge is 2.60. The van der Waals surface area contributed by atoms with Gasteiger partial charge in [-0.3, -0.25) is 9.59 Å². The number of methoxy groups -OCH3 is 2. The molecule has 0 saturated heterocycles. The van der Waals surface area contributed by atoms with E-state index in [-0.39, 0.29) is 23.4 Å². The molecule has 1 aromatic rings. The summed E-state index contributed by atoms with van der Waals surface area (Å²) < 4.78 is 15.9. The lowest BCUT2D eigenvalue weighted by Gasteiger charge is -2.58. The summed E-state index contributed by atoms with van der Waals surface area (Å²) in [7, 11) is 3.07. The molecule has 28 heavy (non-hydrogen) atoms. The van der Waals surface area contributed by atoms with Gasteiger partial charge in [-0.05, 0) is 62.5 Å². The second-order valence-corrected chi connectivity index (χ2v) is 9.39. The van der Waals surface area contributed by atoms with Crippen molar-refractivity contribution in [2.75, 3.05) is 26.1 Å². The number of rotatable bonds is 6. The Bertz CT molecular complexity index is 781. The van der Waals surface area contributed by atoms with Gasteiger partial charge in [0.05, 0.1) is 19.6 Å². The number of carbonyl (C=O) groups is 2. The van der Waals surface area contributed by atoms with Gasteiger partial charge in [0.25, 0.3) is 5.91 Å². The molecule has 0 heterocycles. The molecular weight excluding hydrogens is 382 g/mol. The minimum atomic E-state index is -0.505. The maximum atomic E-state index is 12.9. The molecule has 2 unspecified atom stereocenters. The van der Waals surface area contributed by atoms with Crippen molar-refractivity contribution in [2.45, 2.75) is 43.4 Å². The molecule has 6 nitrogen and oxygen atoms in total. The van der Waals surface area contributed by atoms with E-state index in [1.54, 1.807) is 25.3 Å². The molecule has 4 aliphatic carbocycles. The van der Waals surface area contributed by atoms with E-state index < -0.39 is 5.41 Å². The molecule has 0 radical (unpaired) electrons. The molecule has 1 aromatic carbocycles. The number of anilines is 1. The summed E-state index contributed by atoms with van der Waals surface area (Å²) in [4.78, 5) is 24.9. The number of amides is 1. The number of ether oxygens (including phenoxy) is 3. The highest BCUT2D eigenvalue weighted by Crippen LogP contribution is 2.64.